The van der Waals surface area contributed by atoms with E-state index >= 15 is 0 Å². The van der Waals surface area contributed by atoms with E-state index in [0.29, 0.717) is 17.9 Å². The van der Waals surface area contributed by atoms with E-state index < -0.39 is 28.5 Å². The second-order valence-electron chi connectivity index (χ2n) is 10.9. The zero-order valence-corrected chi connectivity index (χ0v) is 25.7. The van der Waals surface area contributed by atoms with Crippen LogP contribution in [0.5, 0.6) is 5.75 Å². The summed E-state index contributed by atoms with van der Waals surface area (Å²) < 4.78 is 34.5. The highest BCUT2D eigenvalue weighted by atomic mass is 32.2. The van der Waals surface area contributed by atoms with Crippen LogP contribution in [-0.4, -0.2) is 50.9 Å². The lowest BCUT2D eigenvalue weighted by atomic mass is 10.1. The summed E-state index contributed by atoms with van der Waals surface area (Å²) in [7, 11) is -2.64. The van der Waals surface area contributed by atoms with Gasteiger partial charge in [0, 0.05) is 18.7 Å². The second-order valence-corrected chi connectivity index (χ2v) is 12.8. The van der Waals surface area contributed by atoms with E-state index in [1.807, 2.05) is 45.0 Å². The molecule has 3 aromatic rings. The summed E-state index contributed by atoms with van der Waals surface area (Å²) in [5.74, 6) is -0.218. The van der Waals surface area contributed by atoms with E-state index in [-0.39, 0.29) is 23.4 Å². The molecule has 3 aromatic carbocycles. The molecule has 0 spiro atoms. The molecule has 0 unspecified atom stereocenters. The molecule has 1 saturated carbocycles. The van der Waals surface area contributed by atoms with Gasteiger partial charge in [-0.25, -0.2) is 8.42 Å². The van der Waals surface area contributed by atoms with E-state index in [1.165, 1.54) is 24.1 Å². The van der Waals surface area contributed by atoms with Crippen LogP contribution in [0.4, 0.5) is 5.69 Å². The Morgan fingerprint density at radius 2 is 1.57 bits per heavy atom. The van der Waals surface area contributed by atoms with Gasteiger partial charge >= 0.3 is 0 Å². The standard InChI is InChI=1S/C33H41N3O5S/c1-5-31(33(38)34-27-9-6-7-10-27)35(22-26-17-13-24(2)14-18-26)32(37)23-36(28-11-8-12-29(21-28)41-4)42(39,40)30-19-15-25(3)16-20-30/h8,11-21,27,31H,5-7,9-10,22-23H2,1-4H3,(H,34,38)/t31-/m1/s1. The van der Waals surface area contributed by atoms with Crippen LogP contribution in [0, 0.1) is 13.8 Å². The largest absolute Gasteiger partial charge is 0.497 e. The Morgan fingerprint density at radius 1 is 0.952 bits per heavy atom. The monoisotopic (exact) mass is 591 g/mol. The molecule has 1 atom stereocenters. The lowest BCUT2D eigenvalue weighted by Crippen LogP contribution is -2.53. The number of benzene rings is 3. The lowest BCUT2D eigenvalue weighted by molar-refractivity contribution is -0.140. The quantitative estimate of drug-likeness (QED) is 0.305. The van der Waals surface area contributed by atoms with Gasteiger partial charge in [-0.2, -0.15) is 0 Å². The summed E-state index contributed by atoms with van der Waals surface area (Å²) >= 11 is 0. The highest BCUT2D eigenvalue weighted by Crippen LogP contribution is 2.28. The van der Waals surface area contributed by atoms with Crippen molar-refractivity contribution in [2.24, 2.45) is 0 Å². The highest BCUT2D eigenvalue weighted by Gasteiger charge is 2.34. The molecule has 0 radical (unpaired) electrons. The van der Waals surface area contributed by atoms with E-state index in [2.05, 4.69) is 5.32 Å². The van der Waals surface area contributed by atoms with Crippen molar-refractivity contribution >= 4 is 27.5 Å². The van der Waals surface area contributed by atoms with Crippen LogP contribution >= 0.6 is 0 Å². The number of rotatable bonds is 12. The molecule has 42 heavy (non-hydrogen) atoms. The molecule has 1 fully saturated rings. The molecular formula is C33H41N3O5S. The number of amides is 2. The summed E-state index contributed by atoms with van der Waals surface area (Å²) in [5, 5.41) is 3.14. The van der Waals surface area contributed by atoms with Crippen LogP contribution in [0.15, 0.2) is 77.7 Å². The minimum Gasteiger partial charge on any atom is -0.497 e. The van der Waals surface area contributed by atoms with Gasteiger partial charge in [0.05, 0.1) is 17.7 Å². The topological polar surface area (TPSA) is 96.0 Å². The van der Waals surface area contributed by atoms with Gasteiger partial charge in [-0.1, -0.05) is 73.4 Å². The number of sulfonamides is 1. The van der Waals surface area contributed by atoms with E-state index in [4.69, 9.17) is 4.74 Å². The minimum absolute atomic E-state index is 0.0693. The number of hydrogen-bond donors (Lipinski definition) is 1. The molecule has 9 heteroatoms. The molecule has 0 aromatic heterocycles. The van der Waals surface area contributed by atoms with E-state index in [0.717, 1.165) is 46.7 Å². The first-order chi connectivity index (χ1) is 20.1. The van der Waals surface area contributed by atoms with Gasteiger partial charge in [0.15, 0.2) is 0 Å². The molecule has 224 valence electrons. The molecule has 2 amide bonds. The van der Waals surface area contributed by atoms with Crippen LogP contribution in [0.25, 0.3) is 0 Å². The average molecular weight is 592 g/mol. The zero-order valence-electron chi connectivity index (χ0n) is 24.9. The summed E-state index contributed by atoms with van der Waals surface area (Å²) in [4.78, 5) is 29.4. The van der Waals surface area contributed by atoms with Crippen molar-refractivity contribution in [1.82, 2.24) is 10.2 Å². The lowest BCUT2D eigenvalue weighted by Gasteiger charge is -2.34. The maximum Gasteiger partial charge on any atom is 0.264 e. The molecule has 4 rings (SSSR count). The van der Waals surface area contributed by atoms with Crippen molar-refractivity contribution in [3.05, 3.63) is 89.5 Å². The smallest absolute Gasteiger partial charge is 0.264 e. The summed E-state index contributed by atoms with van der Waals surface area (Å²) in [6.45, 7) is 5.43. The van der Waals surface area contributed by atoms with Crippen LogP contribution < -0.4 is 14.4 Å². The van der Waals surface area contributed by atoms with Crippen molar-refractivity contribution < 1.29 is 22.7 Å². The number of carbonyl (C=O) groups is 2. The van der Waals surface area contributed by atoms with Crippen LogP contribution in [-0.2, 0) is 26.2 Å². The van der Waals surface area contributed by atoms with Crippen molar-refractivity contribution in [1.29, 1.82) is 0 Å². The highest BCUT2D eigenvalue weighted by molar-refractivity contribution is 7.92. The molecule has 1 aliphatic carbocycles. The van der Waals surface area contributed by atoms with Gasteiger partial charge in [-0.15, -0.1) is 0 Å². The third-order valence-electron chi connectivity index (χ3n) is 7.79. The Labute approximate surface area is 249 Å². The fraction of sp³-hybridized carbons (Fsp3) is 0.394. The molecule has 0 aliphatic heterocycles. The third-order valence-corrected chi connectivity index (χ3v) is 9.58. The number of nitrogens with zero attached hydrogens (tertiary/aromatic N) is 2. The van der Waals surface area contributed by atoms with E-state index in [9.17, 15) is 18.0 Å². The molecule has 1 N–H and O–H groups in total. The molecule has 0 heterocycles. The Hall–Kier alpha value is -3.85. The normalized spacial score (nSPS) is 14.3. The molecule has 0 saturated heterocycles. The van der Waals surface area contributed by atoms with Crippen molar-refractivity contribution in [2.45, 2.75) is 76.4 Å². The Kier molecular flexibility index (Phi) is 10.3. The Morgan fingerprint density at radius 3 is 2.17 bits per heavy atom. The number of hydrogen-bond acceptors (Lipinski definition) is 5. The number of anilines is 1. The van der Waals surface area contributed by atoms with Gasteiger partial charge in [0.1, 0.15) is 18.3 Å². The number of aryl methyl sites for hydroxylation is 2. The Balaban J connectivity index is 1.72. The first kappa shape index (κ1) is 31.1. The van der Waals surface area contributed by atoms with E-state index in [1.54, 1.807) is 36.4 Å². The first-order valence-corrected chi connectivity index (χ1v) is 15.9. The number of carbonyl (C=O) groups excluding carboxylic acids is 2. The zero-order chi connectivity index (χ0) is 30.3. The van der Waals surface area contributed by atoms with Gasteiger partial charge in [-0.05, 0) is 62.9 Å². The van der Waals surface area contributed by atoms with Crippen molar-refractivity contribution in [2.75, 3.05) is 18.0 Å². The Bertz CT molecular complexity index is 1470. The van der Waals surface area contributed by atoms with Crippen LogP contribution in [0.2, 0.25) is 0 Å². The molecule has 0 bridgehead atoms. The summed E-state index contributed by atoms with van der Waals surface area (Å²) in [6.07, 6.45) is 4.37. The predicted octanol–water partition coefficient (Wildman–Crippen LogP) is 5.37. The second kappa shape index (κ2) is 13.9. The van der Waals surface area contributed by atoms with Gasteiger partial charge in [-0.3, -0.25) is 13.9 Å². The number of ether oxygens (including phenoxy) is 1. The molecule has 1 aliphatic rings. The summed E-state index contributed by atoms with van der Waals surface area (Å²) in [6, 6.07) is 20.3. The number of methoxy groups -OCH3 is 1. The molecule has 8 nitrogen and oxygen atoms in total. The maximum atomic E-state index is 14.2. The predicted molar refractivity (Wildman–Crippen MR) is 165 cm³/mol. The fourth-order valence-electron chi connectivity index (χ4n) is 5.31. The first-order valence-electron chi connectivity index (χ1n) is 14.5. The van der Waals surface area contributed by atoms with Gasteiger partial charge in [0.2, 0.25) is 11.8 Å². The minimum atomic E-state index is -4.14. The van der Waals surface area contributed by atoms with Crippen molar-refractivity contribution in [3.8, 4) is 5.75 Å². The SMILES string of the molecule is CC[C@H](C(=O)NC1CCCC1)N(Cc1ccc(C)cc1)C(=O)CN(c1cccc(OC)c1)S(=O)(=O)c1ccc(C)cc1. The maximum absolute atomic E-state index is 14.2. The van der Waals surface area contributed by atoms with Crippen LogP contribution in [0.1, 0.15) is 55.7 Å². The molecular weight excluding hydrogens is 550 g/mol. The van der Waals surface area contributed by atoms with Gasteiger partial charge < -0.3 is 15.0 Å². The number of nitrogens with one attached hydrogen (secondary N) is 1. The van der Waals surface area contributed by atoms with Crippen molar-refractivity contribution in [3.63, 3.8) is 0 Å². The average Bonchev–Trinajstić information content (AvgIpc) is 3.50. The third kappa shape index (κ3) is 7.50. The fourth-order valence-corrected chi connectivity index (χ4v) is 6.72. The van der Waals surface area contributed by atoms with Gasteiger partial charge in [0.25, 0.3) is 10.0 Å². The van der Waals surface area contributed by atoms with Crippen LogP contribution in [0.3, 0.4) is 0 Å². The summed E-state index contributed by atoms with van der Waals surface area (Å²) in [5.41, 5.74) is 3.15.